The number of hydrogen-bond donors (Lipinski definition) is 2. The van der Waals surface area contributed by atoms with Crippen molar-refractivity contribution in [3.63, 3.8) is 0 Å². The van der Waals surface area contributed by atoms with E-state index in [0.29, 0.717) is 32.5 Å². The number of ether oxygens (including phenoxy) is 1. The van der Waals surface area contributed by atoms with Gasteiger partial charge < -0.3 is 19.6 Å². The summed E-state index contributed by atoms with van der Waals surface area (Å²) in [5, 5.41) is 11.9. The van der Waals surface area contributed by atoms with Crippen molar-refractivity contribution >= 4 is 11.9 Å². The van der Waals surface area contributed by atoms with E-state index in [1.54, 1.807) is 6.07 Å². The molecule has 1 fully saturated rings. The second kappa shape index (κ2) is 6.76. The van der Waals surface area contributed by atoms with Crippen LogP contribution in [0, 0.1) is 12.8 Å². The minimum Gasteiger partial charge on any atom is -0.480 e. The highest BCUT2D eigenvalue weighted by Gasteiger charge is 2.32. The summed E-state index contributed by atoms with van der Waals surface area (Å²) in [4.78, 5) is 23.6. The summed E-state index contributed by atoms with van der Waals surface area (Å²) in [5.41, 5.74) is 0.903. The second-order valence-electron chi connectivity index (χ2n) is 5.31. The minimum absolute atomic E-state index is 0.109. The molecule has 2 N–H and O–H groups in total. The summed E-state index contributed by atoms with van der Waals surface area (Å²) in [6, 6.07) is 0.744. The molecular formula is C15H21NO5. The monoisotopic (exact) mass is 295 g/mol. The van der Waals surface area contributed by atoms with Gasteiger partial charge in [-0.1, -0.05) is 6.92 Å². The van der Waals surface area contributed by atoms with E-state index in [0.717, 1.165) is 11.3 Å². The Morgan fingerprint density at radius 1 is 1.43 bits per heavy atom. The molecule has 6 heteroatoms. The highest BCUT2D eigenvalue weighted by molar-refractivity contribution is 5.94. The molecule has 0 saturated carbocycles. The van der Waals surface area contributed by atoms with Gasteiger partial charge in [-0.15, -0.1) is 0 Å². The molecule has 1 aliphatic heterocycles. The predicted octanol–water partition coefficient (Wildman–Crippen LogP) is 1.76. The average Bonchev–Trinajstić information content (AvgIpc) is 2.86. The number of hydrogen-bond acceptors (Lipinski definition) is 4. The first-order valence-corrected chi connectivity index (χ1v) is 7.23. The summed E-state index contributed by atoms with van der Waals surface area (Å²) in [7, 11) is 0. The molecule has 2 heterocycles. The van der Waals surface area contributed by atoms with Crippen molar-refractivity contribution in [3.8, 4) is 0 Å². The van der Waals surface area contributed by atoms with E-state index in [1.165, 1.54) is 0 Å². The first kappa shape index (κ1) is 15.6. The van der Waals surface area contributed by atoms with E-state index in [2.05, 4.69) is 5.32 Å². The summed E-state index contributed by atoms with van der Waals surface area (Å²) < 4.78 is 10.7. The molecule has 0 radical (unpaired) electrons. The molecule has 0 bridgehead atoms. The fourth-order valence-electron chi connectivity index (χ4n) is 2.63. The Morgan fingerprint density at radius 2 is 2.10 bits per heavy atom. The van der Waals surface area contributed by atoms with Gasteiger partial charge in [0.1, 0.15) is 11.8 Å². The Bertz CT molecular complexity index is 516. The van der Waals surface area contributed by atoms with Gasteiger partial charge in [0.15, 0.2) is 5.76 Å². The number of carboxylic acid groups (broad SMARTS) is 1. The first-order valence-electron chi connectivity index (χ1n) is 7.23. The maximum atomic E-state index is 12.2. The third kappa shape index (κ3) is 3.64. The molecule has 1 aliphatic rings. The number of furan rings is 1. The highest BCUT2D eigenvalue weighted by atomic mass is 16.5. The molecule has 0 spiro atoms. The van der Waals surface area contributed by atoms with Gasteiger partial charge in [0.25, 0.3) is 5.91 Å². The molecule has 0 aliphatic carbocycles. The van der Waals surface area contributed by atoms with Gasteiger partial charge in [-0.3, -0.25) is 4.79 Å². The topological polar surface area (TPSA) is 88.8 Å². The van der Waals surface area contributed by atoms with E-state index >= 15 is 0 Å². The number of rotatable bonds is 5. The van der Waals surface area contributed by atoms with Gasteiger partial charge in [-0.05, 0) is 37.3 Å². The van der Waals surface area contributed by atoms with Crippen LogP contribution in [-0.4, -0.2) is 36.2 Å². The summed E-state index contributed by atoms with van der Waals surface area (Å²) >= 11 is 0. The number of nitrogens with one attached hydrogen (secondary N) is 1. The third-order valence-corrected chi connectivity index (χ3v) is 3.86. The van der Waals surface area contributed by atoms with Gasteiger partial charge in [0.05, 0.1) is 0 Å². The molecule has 1 amide bonds. The number of aliphatic carboxylic acids is 1. The first-order chi connectivity index (χ1) is 10.0. The zero-order valence-corrected chi connectivity index (χ0v) is 12.3. The SMILES string of the molecule is CCc1oc(C(=O)NC(C(=O)O)C2CCOCC2)cc1C. The quantitative estimate of drug-likeness (QED) is 0.864. The highest BCUT2D eigenvalue weighted by Crippen LogP contribution is 2.20. The minimum atomic E-state index is -1.02. The standard InChI is InChI=1S/C15H21NO5/c1-3-11-9(2)8-12(21-11)14(17)16-13(15(18)19)10-4-6-20-7-5-10/h8,10,13H,3-7H2,1-2H3,(H,16,17)(H,18,19). The normalized spacial score (nSPS) is 17.4. The van der Waals surface area contributed by atoms with E-state index in [9.17, 15) is 14.7 Å². The zero-order chi connectivity index (χ0) is 15.4. The van der Waals surface area contributed by atoms with Gasteiger partial charge >= 0.3 is 5.97 Å². The molecule has 6 nitrogen and oxygen atoms in total. The molecular weight excluding hydrogens is 274 g/mol. The average molecular weight is 295 g/mol. The molecule has 21 heavy (non-hydrogen) atoms. The lowest BCUT2D eigenvalue weighted by Crippen LogP contribution is -2.47. The van der Waals surface area contributed by atoms with Crippen LogP contribution in [0.4, 0.5) is 0 Å². The Morgan fingerprint density at radius 3 is 2.62 bits per heavy atom. The lowest BCUT2D eigenvalue weighted by atomic mass is 9.91. The van der Waals surface area contributed by atoms with Crippen molar-refractivity contribution in [2.45, 2.75) is 39.2 Å². The van der Waals surface area contributed by atoms with Gasteiger partial charge in [0, 0.05) is 19.6 Å². The molecule has 0 aromatic carbocycles. The second-order valence-corrected chi connectivity index (χ2v) is 5.31. The van der Waals surface area contributed by atoms with Crippen LogP contribution in [-0.2, 0) is 16.0 Å². The third-order valence-electron chi connectivity index (χ3n) is 3.86. The Labute approximate surface area is 123 Å². The van der Waals surface area contributed by atoms with Crippen LogP contribution in [0.2, 0.25) is 0 Å². The van der Waals surface area contributed by atoms with Crippen LogP contribution < -0.4 is 5.32 Å². The predicted molar refractivity (Wildman–Crippen MR) is 75.3 cm³/mol. The molecule has 1 atom stereocenters. The van der Waals surface area contributed by atoms with Crippen LogP contribution in [0.15, 0.2) is 10.5 Å². The fraction of sp³-hybridized carbons (Fsp3) is 0.600. The molecule has 1 aromatic rings. The molecule has 1 unspecified atom stereocenters. The summed E-state index contributed by atoms with van der Waals surface area (Å²) in [6.45, 7) is 4.87. The molecule has 2 rings (SSSR count). The number of aryl methyl sites for hydroxylation is 2. The van der Waals surface area contributed by atoms with Crippen molar-refractivity contribution in [1.82, 2.24) is 5.32 Å². The van der Waals surface area contributed by atoms with E-state index in [1.807, 2.05) is 13.8 Å². The molecule has 116 valence electrons. The van der Waals surface area contributed by atoms with Gasteiger partial charge in [0.2, 0.25) is 0 Å². The van der Waals surface area contributed by atoms with Crippen molar-refractivity contribution in [2.24, 2.45) is 5.92 Å². The maximum Gasteiger partial charge on any atom is 0.326 e. The largest absolute Gasteiger partial charge is 0.480 e. The molecule has 1 saturated heterocycles. The van der Waals surface area contributed by atoms with Crippen molar-refractivity contribution < 1.29 is 23.8 Å². The van der Waals surface area contributed by atoms with Crippen LogP contribution in [0.25, 0.3) is 0 Å². The Kier molecular flexibility index (Phi) is 5.01. The Balaban J connectivity index is 2.08. The van der Waals surface area contributed by atoms with E-state index < -0.39 is 17.9 Å². The summed E-state index contributed by atoms with van der Waals surface area (Å²) in [6.07, 6.45) is 1.96. The Hall–Kier alpha value is -1.82. The van der Waals surface area contributed by atoms with Crippen LogP contribution in [0.1, 0.15) is 41.6 Å². The van der Waals surface area contributed by atoms with E-state index in [-0.39, 0.29) is 11.7 Å². The number of amides is 1. The van der Waals surface area contributed by atoms with Crippen LogP contribution in [0.5, 0.6) is 0 Å². The summed E-state index contributed by atoms with van der Waals surface area (Å²) in [5.74, 6) is -0.686. The molecule has 1 aromatic heterocycles. The fourth-order valence-corrected chi connectivity index (χ4v) is 2.63. The van der Waals surface area contributed by atoms with Gasteiger partial charge in [-0.2, -0.15) is 0 Å². The number of carboxylic acids is 1. The number of carbonyl (C=O) groups is 2. The van der Waals surface area contributed by atoms with Crippen molar-refractivity contribution in [1.29, 1.82) is 0 Å². The zero-order valence-electron chi connectivity index (χ0n) is 12.3. The lowest BCUT2D eigenvalue weighted by molar-refractivity contribution is -0.141. The smallest absolute Gasteiger partial charge is 0.326 e. The van der Waals surface area contributed by atoms with Crippen LogP contribution in [0.3, 0.4) is 0 Å². The van der Waals surface area contributed by atoms with E-state index in [4.69, 9.17) is 9.15 Å². The number of carbonyl (C=O) groups excluding carboxylic acids is 1. The van der Waals surface area contributed by atoms with Crippen LogP contribution >= 0.6 is 0 Å². The maximum absolute atomic E-state index is 12.2. The van der Waals surface area contributed by atoms with Crippen molar-refractivity contribution in [2.75, 3.05) is 13.2 Å². The lowest BCUT2D eigenvalue weighted by Gasteiger charge is -2.27. The van der Waals surface area contributed by atoms with Gasteiger partial charge in [-0.25, -0.2) is 4.79 Å². The van der Waals surface area contributed by atoms with Crippen molar-refractivity contribution in [3.05, 3.63) is 23.2 Å².